The maximum atomic E-state index is 11.9. The number of halogens is 2. The Balaban J connectivity index is 1.71. The van der Waals surface area contributed by atoms with Crippen LogP contribution in [0.5, 0.6) is 5.75 Å². The molecule has 2 aromatic rings. The van der Waals surface area contributed by atoms with Crippen molar-refractivity contribution in [2.75, 3.05) is 13.2 Å². The molecule has 3 nitrogen and oxygen atoms in total. The van der Waals surface area contributed by atoms with Crippen LogP contribution in [0.2, 0.25) is 5.02 Å². The Morgan fingerprint density at radius 2 is 1.95 bits per heavy atom. The lowest BCUT2D eigenvalue weighted by molar-refractivity contribution is 0.0951. The molecule has 0 fully saturated rings. The largest absolute Gasteiger partial charge is 0.494 e. The van der Waals surface area contributed by atoms with Gasteiger partial charge in [0.25, 0.3) is 5.91 Å². The average molecular weight is 369 g/mol. The van der Waals surface area contributed by atoms with Crippen LogP contribution in [0.4, 0.5) is 0 Å². The summed E-state index contributed by atoms with van der Waals surface area (Å²) < 4.78 is 6.32. The van der Waals surface area contributed by atoms with Gasteiger partial charge in [0.1, 0.15) is 5.75 Å². The van der Waals surface area contributed by atoms with Gasteiger partial charge in [-0.15, -0.1) is 0 Å². The van der Waals surface area contributed by atoms with E-state index in [1.54, 1.807) is 18.2 Å². The van der Waals surface area contributed by atoms with Crippen LogP contribution in [-0.4, -0.2) is 19.1 Å². The summed E-state index contributed by atoms with van der Waals surface area (Å²) in [6, 6.07) is 14.7. The molecule has 1 amide bonds. The third-order valence-corrected chi connectivity index (χ3v) is 4.03. The van der Waals surface area contributed by atoms with E-state index in [-0.39, 0.29) is 5.91 Å². The molecule has 21 heavy (non-hydrogen) atoms. The molecular formula is C16H15BrClNO2. The number of rotatable bonds is 6. The first-order valence-corrected chi connectivity index (χ1v) is 7.75. The second-order valence-electron chi connectivity index (χ2n) is 4.40. The lowest BCUT2D eigenvalue weighted by Gasteiger charge is -2.08. The van der Waals surface area contributed by atoms with Crippen LogP contribution in [0, 0.1) is 0 Å². The van der Waals surface area contributed by atoms with Crippen LogP contribution in [0.15, 0.2) is 53.0 Å². The number of carbonyl (C=O) groups is 1. The molecule has 1 N–H and O–H groups in total. The molecule has 0 bridgehead atoms. The molecular weight excluding hydrogens is 354 g/mol. The predicted molar refractivity (Wildman–Crippen MR) is 88.0 cm³/mol. The van der Waals surface area contributed by atoms with Gasteiger partial charge in [-0.05, 0) is 52.7 Å². The summed E-state index contributed by atoms with van der Waals surface area (Å²) in [7, 11) is 0. The Kier molecular flexibility index (Phi) is 6.08. The molecule has 0 aliphatic carbocycles. The Bertz CT molecular complexity index is 604. The van der Waals surface area contributed by atoms with E-state index in [0.29, 0.717) is 23.7 Å². The molecule has 0 aliphatic heterocycles. The average Bonchev–Trinajstić information content (AvgIpc) is 2.50. The number of carbonyl (C=O) groups excluding carboxylic acids is 1. The van der Waals surface area contributed by atoms with E-state index in [1.165, 1.54) is 0 Å². The zero-order valence-corrected chi connectivity index (χ0v) is 13.7. The number of hydrogen-bond donors (Lipinski definition) is 1. The molecule has 0 aromatic heterocycles. The maximum Gasteiger partial charge on any atom is 0.251 e. The standard InChI is InChI=1S/C16H15BrClNO2/c17-14-8-7-12(11-15(14)18)16(20)19-9-4-10-21-13-5-2-1-3-6-13/h1-3,5-8,11H,4,9-10H2,(H,19,20). The van der Waals surface area contributed by atoms with Crippen LogP contribution in [0.25, 0.3) is 0 Å². The van der Waals surface area contributed by atoms with Crippen LogP contribution in [-0.2, 0) is 0 Å². The number of nitrogens with one attached hydrogen (secondary N) is 1. The Hall–Kier alpha value is -1.52. The molecule has 0 heterocycles. The number of para-hydroxylation sites is 1. The lowest BCUT2D eigenvalue weighted by Crippen LogP contribution is -2.25. The van der Waals surface area contributed by atoms with Crippen molar-refractivity contribution in [2.45, 2.75) is 6.42 Å². The normalized spacial score (nSPS) is 10.2. The quantitative estimate of drug-likeness (QED) is 0.772. The van der Waals surface area contributed by atoms with Crippen molar-refractivity contribution in [3.63, 3.8) is 0 Å². The summed E-state index contributed by atoms with van der Waals surface area (Å²) in [5.41, 5.74) is 0.548. The summed E-state index contributed by atoms with van der Waals surface area (Å²) in [5, 5.41) is 3.36. The highest BCUT2D eigenvalue weighted by molar-refractivity contribution is 9.10. The minimum atomic E-state index is -0.135. The van der Waals surface area contributed by atoms with Gasteiger partial charge in [0.15, 0.2) is 0 Å². The third kappa shape index (κ3) is 5.06. The highest BCUT2D eigenvalue weighted by atomic mass is 79.9. The van der Waals surface area contributed by atoms with Gasteiger partial charge in [-0.25, -0.2) is 0 Å². The van der Waals surface area contributed by atoms with Crippen molar-refractivity contribution in [3.8, 4) is 5.75 Å². The van der Waals surface area contributed by atoms with E-state index in [9.17, 15) is 4.79 Å². The molecule has 0 atom stereocenters. The Labute approximate surface area is 137 Å². The topological polar surface area (TPSA) is 38.3 Å². The van der Waals surface area contributed by atoms with E-state index in [1.807, 2.05) is 30.3 Å². The second-order valence-corrected chi connectivity index (χ2v) is 5.66. The summed E-state index contributed by atoms with van der Waals surface area (Å²) >= 11 is 9.26. The van der Waals surface area contributed by atoms with E-state index in [0.717, 1.165) is 16.6 Å². The SMILES string of the molecule is O=C(NCCCOc1ccccc1)c1ccc(Br)c(Cl)c1. The number of hydrogen-bond acceptors (Lipinski definition) is 2. The van der Waals surface area contributed by atoms with Crippen molar-refractivity contribution in [1.29, 1.82) is 0 Å². The van der Waals surface area contributed by atoms with Gasteiger partial charge in [-0.2, -0.15) is 0 Å². The minimum absolute atomic E-state index is 0.135. The zero-order valence-electron chi connectivity index (χ0n) is 11.3. The fraction of sp³-hybridized carbons (Fsp3) is 0.188. The molecule has 110 valence electrons. The van der Waals surface area contributed by atoms with Gasteiger partial charge < -0.3 is 10.1 Å². The van der Waals surface area contributed by atoms with Crippen LogP contribution >= 0.6 is 27.5 Å². The van der Waals surface area contributed by atoms with Crippen LogP contribution in [0.3, 0.4) is 0 Å². The summed E-state index contributed by atoms with van der Waals surface area (Å²) in [4.78, 5) is 11.9. The van der Waals surface area contributed by atoms with Crippen molar-refractivity contribution in [1.82, 2.24) is 5.32 Å². The first-order valence-electron chi connectivity index (χ1n) is 6.58. The molecule has 5 heteroatoms. The highest BCUT2D eigenvalue weighted by Gasteiger charge is 2.07. The molecule has 0 aliphatic rings. The zero-order chi connectivity index (χ0) is 15.1. The van der Waals surface area contributed by atoms with E-state index >= 15 is 0 Å². The Morgan fingerprint density at radius 1 is 1.19 bits per heavy atom. The van der Waals surface area contributed by atoms with Crippen LogP contribution < -0.4 is 10.1 Å². The van der Waals surface area contributed by atoms with E-state index < -0.39 is 0 Å². The number of amides is 1. The Morgan fingerprint density at radius 3 is 2.67 bits per heavy atom. The first kappa shape index (κ1) is 15.9. The number of ether oxygens (including phenoxy) is 1. The van der Waals surface area contributed by atoms with Gasteiger partial charge in [0, 0.05) is 16.6 Å². The summed E-state index contributed by atoms with van der Waals surface area (Å²) in [6.45, 7) is 1.12. The molecule has 0 spiro atoms. The molecule has 0 saturated heterocycles. The monoisotopic (exact) mass is 367 g/mol. The third-order valence-electron chi connectivity index (χ3n) is 2.80. The van der Waals surface area contributed by atoms with Crippen molar-refractivity contribution >= 4 is 33.4 Å². The van der Waals surface area contributed by atoms with Crippen molar-refractivity contribution in [2.24, 2.45) is 0 Å². The molecule has 0 unspecified atom stereocenters. The van der Waals surface area contributed by atoms with Gasteiger partial charge in [-0.1, -0.05) is 29.8 Å². The first-order chi connectivity index (χ1) is 10.2. The van der Waals surface area contributed by atoms with Crippen LogP contribution in [0.1, 0.15) is 16.8 Å². The molecule has 0 radical (unpaired) electrons. The molecule has 2 aromatic carbocycles. The van der Waals surface area contributed by atoms with Gasteiger partial charge in [0.05, 0.1) is 11.6 Å². The maximum absolute atomic E-state index is 11.9. The lowest BCUT2D eigenvalue weighted by atomic mass is 10.2. The van der Waals surface area contributed by atoms with Crippen molar-refractivity contribution < 1.29 is 9.53 Å². The van der Waals surface area contributed by atoms with Crippen molar-refractivity contribution in [3.05, 3.63) is 63.6 Å². The summed E-state index contributed by atoms with van der Waals surface area (Å²) in [6.07, 6.45) is 0.741. The fourth-order valence-electron chi connectivity index (χ4n) is 1.72. The number of benzene rings is 2. The van der Waals surface area contributed by atoms with Gasteiger partial charge >= 0.3 is 0 Å². The fourth-order valence-corrected chi connectivity index (χ4v) is 2.15. The van der Waals surface area contributed by atoms with E-state index in [2.05, 4.69) is 21.2 Å². The minimum Gasteiger partial charge on any atom is -0.494 e. The predicted octanol–water partition coefficient (Wildman–Crippen LogP) is 4.30. The highest BCUT2D eigenvalue weighted by Crippen LogP contribution is 2.23. The van der Waals surface area contributed by atoms with E-state index in [4.69, 9.17) is 16.3 Å². The van der Waals surface area contributed by atoms with Gasteiger partial charge in [0.2, 0.25) is 0 Å². The summed E-state index contributed by atoms with van der Waals surface area (Å²) in [5.74, 6) is 0.702. The van der Waals surface area contributed by atoms with Gasteiger partial charge in [-0.3, -0.25) is 4.79 Å². The second kappa shape index (κ2) is 8.05. The smallest absolute Gasteiger partial charge is 0.251 e. The molecule has 2 rings (SSSR count). The molecule has 0 saturated carbocycles.